The van der Waals surface area contributed by atoms with Crippen LogP contribution in [0.1, 0.15) is 30.6 Å². The van der Waals surface area contributed by atoms with Crippen LogP contribution >= 0.6 is 0 Å². The van der Waals surface area contributed by atoms with Gasteiger partial charge in [-0.05, 0) is 38.1 Å². The number of rotatable bonds is 5. The van der Waals surface area contributed by atoms with Crippen molar-refractivity contribution >= 4 is 23.8 Å². The molecule has 0 unspecified atom stereocenters. The quantitative estimate of drug-likeness (QED) is 0.518. The van der Waals surface area contributed by atoms with Gasteiger partial charge in [-0.15, -0.1) is 0 Å². The van der Waals surface area contributed by atoms with E-state index in [2.05, 4.69) is 16.2 Å². The number of hydrazine groups is 1. The average molecular weight is 348 g/mol. The molecule has 2 rings (SSSR count). The number of carbonyl (C=O) groups excluding carboxylic acids is 4. The standard InChI is InChI=1S/C16H20N4O5/c1-16(2)14(23)20(15(24)17-16)9-8-12(21)18-19-13(22)10-4-6-11(25-3)7-5-10/h4-7H,8-9H2,1-3H3,(H,17,24)(H,18,21)(H,19,22). The number of benzene rings is 1. The predicted molar refractivity (Wildman–Crippen MR) is 87.5 cm³/mol. The lowest BCUT2D eigenvalue weighted by Crippen LogP contribution is -2.44. The van der Waals surface area contributed by atoms with Crippen LogP contribution in [0.4, 0.5) is 4.79 Å². The minimum atomic E-state index is -0.976. The Kier molecular flexibility index (Phi) is 5.26. The van der Waals surface area contributed by atoms with Gasteiger partial charge >= 0.3 is 6.03 Å². The maximum atomic E-state index is 12.0. The van der Waals surface area contributed by atoms with E-state index in [9.17, 15) is 19.2 Å². The third kappa shape index (κ3) is 4.25. The molecule has 0 aromatic heterocycles. The third-order valence-corrected chi connectivity index (χ3v) is 3.67. The summed E-state index contributed by atoms with van der Waals surface area (Å²) in [7, 11) is 1.52. The summed E-state index contributed by atoms with van der Waals surface area (Å²) in [6.07, 6.45) is -0.127. The van der Waals surface area contributed by atoms with Gasteiger partial charge in [0.2, 0.25) is 5.91 Å². The monoisotopic (exact) mass is 348 g/mol. The lowest BCUT2D eigenvalue weighted by molar-refractivity contribution is -0.130. The molecule has 0 bridgehead atoms. The Morgan fingerprint density at radius 2 is 1.80 bits per heavy atom. The number of methoxy groups -OCH3 is 1. The van der Waals surface area contributed by atoms with Crippen LogP contribution < -0.4 is 20.9 Å². The van der Waals surface area contributed by atoms with Gasteiger partial charge in [-0.3, -0.25) is 30.1 Å². The molecular weight excluding hydrogens is 328 g/mol. The van der Waals surface area contributed by atoms with Crippen LogP contribution in [0.3, 0.4) is 0 Å². The molecule has 134 valence electrons. The number of nitrogens with zero attached hydrogens (tertiary/aromatic N) is 1. The lowest BCUT2D eigenvalue weighted by atomic mass is 10.1. The van der Waals surface area contributed by atoms with E-state index >= 15 is 0 Å². The fourth-order valence-electron chi connectivity index (χ4n) is 2.24. The highest BCUT2D eigenvalue weighted by Crippen LogP contribution is 2.16. The molecule has 1 aliphatic heterocycles. The van der Waals surface area contributed by atoms with Crippen molar-refractivity contribution in [2.75, 3.05) is 13.7 Å². The summed E-state index contributed by atoms with van der Waals surface area (Å²) < 4.78 is 4.99. The molecule has 0 aliphatic carbocycles. The molecule has 9 heteroatoms. The summed E-state index contributed by atoms with van der Waals surface area (Å²) in [6, 6.07) is 5.81. The molecule has 0 radical (unpaired) electrons. The molecule has 0 spiro atoms. The van der Waals surface area contributed by atoms with E-state index in [0.29, 0.717) is 11.3 Å². The van der Waals surface area contributed by atoms with Crippen LogP contribution in [0.5, 0.6) is 5.75 Å². The Morgan fingerprint density at radius 3 is 2.32 bits per heavy atom. The summed E-state index contributed by atoms with van der Waals surface area (Å²) in [5.74, 6) is -0.802. The number of nitrogens with one attached hydrogen (secondary N) is 3. The predicted octanol–water partition coefficient (Wildman–Crippen LogP) is 0.177. The van der Waals surface area contributed by atoms with Crippen molar-refractivity contribution in [1.82, 2.24) is 21.1 Å². The van der Waals surface area contributed by atoms with Gasteiger partial charge in [-0.2, -0.15) is 0 Å². The molecule has 1 fully saturated rings. The summed E-state index contributed by atoms with van der Waals surface area (Å²) in [5.41, 5.74) is 3.88. The molecule has 1 heterocycles. The highest BCUT2D eigenvalue weighted by atomic mass is 16.5. The van der Waals surface area contributed by atoms with E-state index in [0.717, 1.165) is 4.90 Å². The number of hydrogen-bond acceptors (Lipinski definition) is 5. The molecule has 1 aromatic rings. The second-order valence-electron chi connectivity index (χ2n) is 5.99. The summed E-state index contributed by atoms with van der Waals surface area (Å²) in [4.78, 5) is 48.4. The van der Waals surface area contributed by atoms with Crippen LogP contribution in [0.15, 0.2) is 24.3 Å². The number of amides is 5. The lowest BCUT2D eigenvalue weighted by Gasteiger charge is -2.15. The van der Waals surface area contributed by atoms with Crippen molar-refractivity contribution in [2.24, 2.45) is 0 Å². The molecule has 5 amide bonds. The smallest absolute Gasteiger partial charge is 0.325 e. The van der Waals surface area contributed by atoms with Gasteiger partial charge in [0.25, 0.3) is 11.8 Å². The minimum absolute atomic E-state index is 0.0711. The normalized spacial score (nSPS) is 15.6. The second kappa shape index (κ2) is 7.20. The number of carbonyl (C=O) groups is 4. The Balaban J connectivity index is 1.79. The molecule has 0 saturated carbocycles. The molecular formula is C16H20N4O5. The Bertz CT molecular complexity index is 699. The van der Waals surface area contributed by atoms with Gasteiger partial charge in [0.05, 0.1) is 7.11 Å². The Hall–Kier alpha value is -3.10. The topological polar surface area (TPSA) is 117 Å². The maximum Gasteiger partial charge on any atom is 0.325 e. The third-order valence-electron chi connectivity index (χ3n) is 3.67. The van der Waals surface area contributed by atoms with Crippen molar-refractivity contribution in [3.63, 3.8) is 0 Å². The maximum absolute atomic E-state index is 12.0. The van der Waals surface area contributed by atoms with Crippen molar-refractivity contribution in [2.45, 2.75) is 25.8 Å². The van der Waals surface area contributed by atoms with E-state index < -0.39 is 29.3 Å². The zero-order chi connectivity index (χ0) is 18.6. The van der Waals surface area contributed by atoms with Crippen molar-refractivity contribution in [3.05, 3.63) is 29.8 Å². The van der Waals surface area contributed by atoms with E-state index in [1.807, 2.05) is 0 Å². The van der Waals surface area contributed by atoms with Crippen LogP contribution in [0.25, 0.3) is 0 Å². The van der Waals surface area contributed by atoms with Crippen LogP contribution in [0.2, 0.25) is 0 Å². The first-order valence-corrected chi connectivity index (χ1v) is 7.62. The van der Waals surface area contributed by atoms with E-state index in [-0.39, 0.29) is 13.0 Å². The van der Waals surface area contributed by atoms with E-state index in [4.69, 9.17) is 4.74 Å². The van der Waals surface area contributed by atoms with Gasteiger partial charge < -0.3 is 10.1 Å². The van der Waals surface area contributed by atoms with E-state index in [1.54, 1.807) is 38.1 Å². The van der Waals surface area contributed by atoms with Crippen molar-refractivity contribution in [1.29, 1.82) is 0 Å². The summed E-state index contributed by atoms with van der Waals surface area (Å²) in [5, 5.41) is 2.52. The molecule has 1 saturated heterocycles. The first-order valence-electron chi connectivity index (χ1n) is 7.62. The SMILES string of the molecule is COc1ccc(C(=O)NNC(=O)CCN2C(=O)NC(C)(C)C2=O)cc1. The number of imide groups is 1. The molecule has 1 aliphatic rings. The number of urea groups is 1. The highest BCUT2D eigenvalue weighted by molar-refractivity contribution is 6.06. The van der Waals surface area contributed by atoms with Gasteiger partial charge in [0, 0.05) is 18.5 Å². The summed E-state index contributed by atoms with van der Waals surface area (Å²) >= 11 is 0. The zero-order valence-electron chi connectivity index (χ0n) is 14.2. The first kappa shape index (κ1) is 18.2. The van der Waals surface area contributed by atoms with Gasteiger partial charge in [-0.1, -0.05) is 0 Å². The Morgan fingerprint density at radius 1 is 1.16 bits per heavy atom. The zero-order valence-corrected chi connectivity index (χ0v) is 14.2. The largest absolute Gasteiger partial charge is 0.497 e. The van der Waals surface area contributed by atoms with Crippen molar-refractivity contribution < 1.29 is 23.9 Å². The molecule has 0 atom stereocenters. The number of hydrogen-bond donors (Lipinski definition) is 3. The highest BCUT2D eigenvalue weighted by Gasteiger charge is 2.43. The fourth-order valence-corrected chi connectivity index (χ4v) is 2.24. The Labute approximate surface area is 144 Å². The average Bonchev–Trinajstić information content (AvgIpc) is 2.78. The van der Waals surface area contributed by atoms with Gasteiger partial charge in [0.15, 0.2) is 0 Å². The fraction of sp³-hybridized carbons (Fsp3) is 0.375. The van der Waals surface area contributed by atoms with Crippen LogP contribution in [0, 0.1) is 0 Å². The van der Waals surface area contributed by atoms with E-state index in [1.165, 1.54) is 7.11 Å². The molecule has 3 N–H and O–H groups in total. The molecule has 1 aromatic carbocycles. The van der Waals surface area contributed by atoms with Crippen molar-refractivity contribution in [3.8, 4) is 5.75 Å². The number of ether oxygens (including phenoxy) is 1. The van der Waals surface area contributed by atoms with Gasteiger partial charge in [-0.25, -0.2) is 4.79 Å². The molecule has 9 nitrogen and oxygen atoms in total. The first-order chi connectivity index (χ1) is 11.7. The second-order valence-corrected chi connectivity index (χ2v) is 5.99. The van der Waals surface area contributed by atoms with Crippen LogP contribution in [-0.2, 0) is 9.59 Å². The minimum Gasteiger partial charge on any atom is -0.497 e. The van der Waals surface area contributed by atoms with Crippen LogP contribution in [-0.4, -0.2) is 47.8 Å². The van der Waals surface area contributed by atoms with Gasteiger partial charge in [0.1, 0.15) is 11.3 Å². The molecule has 25 heavy (non-hydrogen) atoms. The summed E-state index contributed by atoms with van der Waals surface area (Å²) in [6.45, 7) is 3.10.